The first-order valence-corrected chi connectivity index (χ1v) is 7.85. The Bertz CT molecular complexity index is 821. The van der Waals surface area contributed by atoms with Gasteiger partial charge < -0.3 is 10.1 Å². The van der Waals surface area contributed by atoms with Crippen LogP contribution in [0.15, 0.2) is 53.6 Å². The molecule has 0 fully saturated rings. The number of carbonyl (C=O) groups excluding carboxylic acids is 2. The van der Waals surface area contributed by atoms with Gasteiger partial charge in [-0.15, -0.1) is 0 Å². The Hall–Kier alpha value is -3.66. The summed E-state index contributed by atoms with van der Waals surface area (Å²) < 4.78 is 5.43. The molecule has 7 heteroatoms. The van der Waals surface area contributed by atoms with E-state index in [1.807, 2.05) is 31.2 Å². The first-order chi connectivity index (χ1) is 12.6. The highest BCUT2D eigenvalue weighted by molar-refractivity contribution is 5.91. The lowest BCUT2D eigenvalue weighted by Gasteiger charge is -2.08. The number of anilines is 1. The van der Waals surface area contributed by atoms with E-state index in [4.69, 9.17) is 10.00 Å². The van der Waals surface area contributed by atoms with Crippen LogP contribution in [-0.4, -0.2) is 24.6 Å². The van der Waals surface area contributed by atoms with Gasteiger partial charge in [0.15, 0.2) is 6.61 Å². The largest absolute Gasteiger partial charge is 0.484 e. The molecule has 0 saturated carbocycles. The van der Waals surface area contributed by atoms with Gasteiger partial charge >= 0.3 is 0 Å². The average molecular weight is 350 g/mol. The zero-order chi connectivity index (χ0) is 18.8. The molecule has 2 aromatic rings. The number of nitrogens with one attached hydrogen (secondary N) is 2. The van der Waals surface area contributed by atoms with Crippen molar-refractivity contribution in [1.82, 2.24) is 5.43 Å². The summed E-state index contributed by atoms with van der Waals surface area (Å²) in [6.07, 6.45) is 1.21. The second-order valence-corrected chi connectivity index (χ2v) is 5.40. The maximum Gasteiger partial charge on any atom is 0.262 e. The highest BCUT2D eigenvalue weighted by Gasteiger charge is 2.04. The molecule has 0 aromatic heterocycles. The van der Waals surface area contributed by atoms with E-state index in [2.05, 4.69) is 15.8 Å². The van der Waals surface area contributed by atoms with Gasteiger partial charge in [0, 0.05) is 5.69 Å². The van der Waals surface area contributed by atoms with E-state index in [0.717, 1.165) is 11.1 Å². The first-order valence-electron chi connectivity index (χ1n) is 7.85. The van der Waals surface area contributed by atoms with Crippen LogP contribution in [0.2, 0.25) is 0 Å². The third-order valence-electron chi connectivity index (χ3n) is 3.23. The van der Waals surface area contributed by atoms with Crippen molar-refractivity contribution >= 4 is 23.7 Å². The van der Waals surface area contributed by atoms with Gasteiger partial charge in [-0.2, -0.15) is 10.4 Å². The molecule has 0 heterocycles. The second kappa shape index (κ2) is 9.59. The number of nitrogens with zero attached hydrogens (tertiary/aromatic N) is 2. The standard InChI is InChI=1S/C19H18N4O3/c1-14-2-6-16(7-3-14)22-19(25)13-26-17-8-4-15(5-9-17)12-21-23-18(24)10-11-20/h2-9,12H,10,13H2,1H3,(H,22,25)(H,23,24)/b21-12-. The van der Waals surface area contributed by atoms with Crippen LogP contribution in [0.5, 0.6) is 5.75 Å². The van der Waals surface area contributed by atoms with Crippen LogP contribution in [0.3, 0.4) is 0 Å². The molecular formula is C19H18N4O3. The molecule has 7 nitrogen and oxygen atoms in total. The molecule has 2 amide bonds. The predicted molar refractivity (Wildman–Crippen MR) is 97.7 cm³/mol. The van der Waals surface area contributed by atoms with Crippen molar-refractivity contribution in [3.8, 4) is 11.8 Å². The number of ether oxygens (including phenoxy) is 1. The summed E-state index contributed by atoms with van der Waals surface area (Å²) in [6, 6.07) is 16.1. The van der Waals surface area contributed by atoms with Gasteiger partial charge in [-0.05, 0) is 48.9 Å². The van der Waals surface area contributed by atoms with Crippen LogP contribution in [0.4, 0.5) is 5.69 Å². The fourth-order valence-corrected chi connectivity index (χ4v) is 1.92. The summed E-state index contributed by atoms with van der Waals surface area (Å²) in [5, 5.41) is 14.8. The van der Waals surface area contributed by atoms with Gasteiger partial charge in [-0.25, -0.2) is 5.43 Å². The smallest absolute Gasteiger partial charge is 0.262 e. The lowest BCUT2D eigenvalue weighted by atomic mass is 10.2. The number of amides is 2. The molecule has 0 aliphatic rings. The summed E-state index contributed by atoms with van der Waals surface area (Å²) in [4.78, 5) is 23.0. The summed E-state index contributed by atoms with van der Waals surface area (Å²) >= 11 is 0. The lowest BCUT2D eigenvalue weighted by molar-refractivity contribution is -0.120. The van der Waals surface area contributed by atoms with E-state index in [1.54, 1.807) is 30.3 Å². The Labute approximate surface area is 151 Å². The Morgan fingerprint density at radius 1 is 1.12 bits per heavy atom. The SMILES string of the molecule is Cc1ccc(NC(=O)COc2ccc(/C=N\NC(=O)CC#N)cc2)cc1. The van der Waals surface area contributed by atoms with Crippen molar-refractivity contribution in [2.45, 2.75) is 13.3 Å². The summed E-state index contributed by atoms with van der Waals surface area (Å²) in [7, 11) is 0. The van der Waals surface area contributed by atoms with Crippen molar-refractivity contribution in [2.75, 3.05) is 11.9 Å². The molecule has 0 aliphatic carbocycles. The third-order valence-corrected chi connectivity index (χ3v) is 3.23. The van der Waals surface area contributed by atoms with Crippen LogP contribution in [0.25, 0.3) is 0 Å². The second-order valence-electron chi connectivity index (χ2n) is 5.40. The van der Waals surface area contributed by atoms with Crippen LogP contribution >= 0.6 is 0 Å². The molecule has 2 aromatic carbocycles. The Morgan fingerprint density at radius 2 is 1.81 bits per heavy atom. The van der Waals surface area contributed by atoms with Crippen LogP contribution in [-0.2, 0) is 9.59 Å². The van der Waals surface area contributed by atoms with Crippen molar-refractivity contribution in [3.05, 3.63) is 59.7 Å². The topological polar surface area (TPSA) is 104 Å². The van der Waals surface area contributed by atoms with Gasteiger partial charge in [0.25, 0.3) is 11.8 Å². The molecule has 26 heavy (non-hydrogen) atoms. The zero-order valence-corrected chi connectivity index (χ0v) is 14.2. The van der Waals surface area contributed by atoms with Gasteiger partial charge in [0.2, 0.25) is 0 Å². The minimum atomic E-state index is -0.469. The zero-order valence-electron chi connectivity index (χ0n) is 14.2. The Balaban J connectivity index is 1.78. The average Bonchev–Trinajstić information content (AvgIpc) is 2.63. The van der Waals surface area contributed by atoms with E-state index in [9.17, 15) is 9.59 Å². The van der Waals surface area contributed by atoms with Gasteiger partial charge in [-0.3, -0.25) is 9.59 Å². The maximum absolute atomic E-state index is 11.9. The van der Waals surface area contributed by atoms with Crippen LogP contribution in [0, 0.1) is 18.3 Å². The van der Waals surface area contributed by atoms with Crippen LogP contribution < -0.4 is 15.5 Å². The fourth-order valence-electron chi connectivity index (χ4n) is 1.92. The van der Waals surface area contributed by atoms with Crippen molar-refractivity contribution in [2.24, 2.45) is 5.10 Å². The Kier molecular flexibility index (Phi) is 6.89. The van der Waals surface area contributed by atoms with E-state index in [1.165, 1.54) is 6.21 Å². The summed E-state index contributed by atoms with van der Waals surface area (Å²) in [6.45, 7) is 1.87. The Morgan fingerprint density at radius 3 is 2.46 bits per heavy atom. The van der Waals surface area contributed by atoms with E-state index < -0.39 is 5.91 Å². The third kappa shape index (κ3) is 6.45. The molecule has 0 bridgehead atoms. The van der Waals surface area contributed by atoms with E-state index in [-0.39, 0.29) is 18.9 Å². The highest BCUT2D eigenvalue weighted by atomic mass is 16.5. The van der Waals surface area contributed by atoms with Gasteiger partial charge in [0.05, 0.1) is 12.3 Å². The molecule has 2 N–H and O–H groups in total. The summed E-state index contributed by atoms with van der Waals surface area (Å²) in [5.74, 6) is -0.183. The molecule has 0 unspecified atom stereocenters. The minimum absolute atomic E-state index is 0.106. The molecule has 0 atom stereocenters. The fraction of sp³-hybridized carbons (Fsp3) is 0.158. The number of benzene rings is 2. The summed E-state index contributed by atoms with van der Waals surface area (Å²) in [5.41, 5.74) is 4.81. The minimum Gasteiger partial charge on any atom is -0.484 e. The normalized spacial score (nSPS) is 10.2. The van der Waals surface area contributed by atoms with Crippen molar-refractivity contribution < 1.29 is 14.3 Å². The number of nitriles is 1. The maximum atomic E-state index is 11.9. The number of rotatable bonds is 7. The molecule has 0 spiro atoms. The quantitative estimate of drug-likeness (QED) is 0.591. The number of hydrogen-bond acceptors (Lipinski definition) is 5. The lowest BCUT2D eigenvalue weighted by Crippen LogP contribution is -2.20. The van der Waals surface area contributed by atoms with Crippen LogP contribution in [0.1, 0.15) is 17.5 Å². The number of hydrogen-bond donors (Lipinski definition) is 2. The highest BCUT2D eigenvalue weighted by Crippen LogP contribution is 2.12. The number of carbonyl (C=O) groups is 2. The molecule has 0 saturated heterocycles. The first kappa shape index (κ1) is 18.7. The molecule has 2 rings (SSSR count). The number of aryl methyl sites for hydroxylation is 1. The van der Waals surface area contributed by atoms with E-state index in [0.29, 0.717) is 11.4 Å². The molecule has 0 aliphatic heterocycles. The van der Waals surface area contributed by atoms with Crippen molar-refractivity contribution in [1.29, 1.82) is 5.26 Å². The predicted octanol–water partition coefficient (Wildman–Crippen LogP) is 2.38. The number of hydrazone groups is 1. The monoisotopic (exact) mass is 350 g/mol. The van der Waals surface area contributed by atoms with E-state index >= 15 is 0 Å². The van der Waals surface area contributed by atoms with Crippen molar-refractivity contribution in [3.63, 3.8) is 0 Å². The molecule has 132 valence electrons. The van der Waals surface area contributed by atoms with Gasteiger partial charge in [-0.1, -0.05) is 17.7 Å². The van der Waals surface area contributed by atoms with Gasteiger partial charge in [0.1, 0.15) is 12.2 Å². The molecular weight excluding hydrogens is 332 g/mol. The molecule has 0 radical (unpaired) electrons.